The summed E-state index contributed by atoms with van der Waals surface area (Å²) in [5.41, 5.74) is 0.283. The molecule has 1 aromatic rings. The van der Waals surface area contributed by atoms with Crippen molar-refractivity contribution < 1.29 is 24.9 Å². The van der Waals surface area contributed by atoms with Crippen molar-refractivity contribution in [3.8, 4) is 11.5 Å². The molecule has 0 aliphatic heterocycles. The maximum Gasteiger partial charge on any atom is 0.339 e. The van der Waals surface area contributed by atoms with Crippen LogP contribution in [-0.2, 0) is 11.2 Å². The summed E-state index contributed by atoms with van der Waals surface area (Å²) < 4.78 is 5.50. The van der Waals surface area contributed by atoms with E-state index in [0.717, 1.165) is 13.0 Å². The Balaban J connectivity index is 2.39. The van der Waals surface area contributed by atoms with Gasteiger partial charge in [-0.25, -0.2) is 4.79 Å². The fourth-order valence-electron chi connectivity index (χ4n) is 2.17. The highest BCUT2D eigenvalue weighted by Gasteiger charge is 2.18. The van der Waals surface area contributed by atoms with E-state index in [2.05, 4.69) is 6.92 Å². The van der Waals surface area contributed by atoms with Gasteiger partial charge in [0, 0.05) is 13.2 Å². The van der Waals surface area contributed by atoms with E-state index in [1.807, 2.05) is 0 Å². The van der Waals surface area contributed by atoms with Crippen molar-refractivity contribution in [3.05, 3.63) is 23.3 Å². The summed E-state index contributed by atoms with van der Waals surface area (Å²) in [6.07, 6.45) is 5.81. The Hall–Kier alpha value is -1.75. The number of phenols is 2. The quantitative estimate of drug-likeness (QED) is 0.455. The molecular weight excluding hydrogens is 272 g/mol. The molecule has 5 heteroatoms. The summed E-state index contributed by atoms with van der Waals surface area (Å²) in [6, 6.07) is 2.84. The van der Waals surface area contributed by atoms with Gasteiger partial charge >= 0.3 is 5.97 Å². The van der Waals surface area contributed by atoms with Crippen molar-refractivity contribution in [2.75, 3.05) is 13.2 Å². The van der Waals surface area contributed by atoms with Gasteiger partial charge in [-0.05, 0) is 30.9 Å². The van der Waals surface area contributed by atoms with Gasteiger partial charge < -0.3 is 20.1 Å². The van der Waals surface area contributed by atoms with Gasteiger partial charge in [0.15, 0.2) is 11.5 Å². The number of carbonyl (C=O) groups is 1. The maximum absolute atomic E-state index is 11.1. The molecule has 0 saturated heterocycles. The number of carboxylic acid groups (broad SMARTS) is 1. The van der Waals surface area contributed by atoms with E-state index in [0.29, 0.717) is 25.0 Å². The minimum Gasteiger partial charge on any atom is -0.504 e. The monoisotopic (exact) mass is 296 g/mol. The van der Waals surface area contributed by atoms with E-state index in [1.165, 1.54) is 31.4 Å². The molecule has 1 rings (SSSR count). The van der Waals surface area contributed by atoms with E-state index in [4.69, 9.17) is 9.84 Å². The summed E-state index contributed by atoms with van der Waals surface area (Å²) in [6.45, 7) is 3.45. The number of benzene rings is 1. The average molecular weight is 296 g/mol. The molecule has 5 nitrogen and oxygen atoms in total. The van der Waals surface area contributed by atoms with Crippen LogP contribution in [0, 0.1) is 0 Å². The second kappa shape index (κ2) is 9.23. The summed E-state index contributed by atoms with van der Waals surface area (Å²) >= 11 is 0. The zero-order valence-electron chi connectivity index (χ0n) is 12.5. The molecule has 1 aromatic carbocycles. The van der Waals surface area contributed by atoms with E-state index < -0.39 is 17.5 Å². The summed E-state index contributed by atoms with van der Waals surface area (Å²) in [5, 5.41) is 28.0. The molecule has 0 saturated carbocycles. The standard InChI is InChI=1S/C16H24O5/c1-2-3-4-5-10-21-11-6-7-12-8-9-13(17)15(18)14(12)16(19)20/h8-9,17-18H,2-7,10-11H2,1H3,(H,19,20). The maximum atomic E-state index is 11.1. The average Bonchev–Trinajstić information content (AvgIpc) is 2.45. The largest absolute Gasteiger partial charge is 0.504 e. The molecule has 21 heavy (non-hydrogen) atoms. The number of ether oxygens (including phenoxy) is 1. The molecule has 0 fully saturated rings. The first-order valence-electron chi connectivity index (χ1n) is 7.42. The minimum absolute atomic E-state index is 0.224. The Labute approximate surface area is 125 Å². The number of aromatic hydroxyl groups is 2. The van der Waals surface area contributed by atoms with Crippen LogP contribution in [0.15, 0.2) is 12.1 Å². The first-order chi connectivity index (χ1) is 10.1. The third-order valence-corrected chi connectivity index (χ3v) is 3.33. The molecule has 0 radical (unpaired) electrons. The van der Waals surface area contributed by atoms with Crippen LogP contribution in [0.25, 0.3) is 0 Å². The zero-order valence-corrected chi connectivity index (χ0v) is 12.5. The molecule has 0 bridgehead atoms. The predicted molar refractivity (Wildman–Crippen MR) is 80.0 cm³/mol. The van der Waals surface area contributed by atoms with Crippen molar-refractivity contribution >= 4 is 5.97 Å². The molecule has 0 atom stereocenters. The lowest BCUT2D eigenvalue weighted by Gasteiger charge is -2.09. The molecule has 0 aromatic heterocycles. The zero-order chi connectivity index (χ0) is 15.7. The van der Waals surface area contributed by atoms with Gasteiger partial charge in [0.2, 0.25) is 0 Å². The lowest BCUT2D eigenvalue weighted by atomic mass is 10.0. The van der Waals surface area contributed by atoms with Gasteiger partial charge in [-0.3, -0.25) is 0 Å². The smallest absolute Gasteiger partial charge is 0.339 e. The summed E-state index contributed by atoms with van der Waals surface area (Å²) in [4.78, 5) is 11.1. The molecule has 0 unspecified atom stereocenters. The van der Waals surface area contributed by atoms with Crippen LogP contribution in [0.3, 0.4) is 0 Å². The molecule has 3 N–H and O–H groups in total. The molecule has 0 aliphatic carbocycles. The second-order valence-corrected chi connectivity index (χ2v) is 5.05. The first-order valence-corrected chi connectivity index (χ1v) is 7.42. The predicted octanol–water partition coefficient (Wildman–Crippen LogP) is 3.33. The lowest BCUT2D eigenvalue weighted by molar-refractivity contribution is 0.0691. The topological polar surface area (TPSA) is 87.0 Å². The fraction of sp³-hybridized carbons (Fsp3) is 0.562. The Kier molecular flexibility index (Phi) is 7.61. The van der Waals surface area contributed by atoms with Gasteiger partial charge in [0.25, 0.3) is 0 Å². The van der Waals surface area contributed by atoms with Gasteiger partial charge in [-0.1, -0.05) is 32.3 Å². The van der Waals surface area contributed by atoms with E-state index >= 15 is 0 Å². The fourth-order valence-corrected chi connectivity index (χ4v) is 2.17. The van der Waals surface area contributed by atoms with Gasteiger partial charge in [0.05, 0.1) is 0 Å². The van der Waals surface area contributed by atoms with Crippen molar-refractivity contribution in [1.82, 2.24) is 0 Å². The Bertz CT molecular complexity index is 456. The highest BCUT2D eigenvalue weighted by molar-refractivity contribution is 5.93. The van der Waals surface area contributed by atoms with Crippen molar-refractivity contribution in [1.29, 1.82) is 0 Å². The lowest BCUT2D eigenvalue weighted by Crippen LogP contribution is -2.05. The molecule has 0 heterocycles. The summed E-state index contributed by atoms with van der Waals surface area (Å²) in [5.74, 6) is -2.22. The highest BCUT2D eigenvalue weighted by atomic mass is 16.5. The minimum atomic E-state index is -1.24. The molecule has 0 amide bonds. The number of aromatic carboxylic acids is 1. The number of rotatable bonds is 10. The highest BCUT2D eigenvalue weighted by Crippen LogP contribution is 2.31. The number of phenolic OH excluding ortho intramolecular Hbond substituents is 1. The second-order valence-electron chi connectivity index (χ2n) is 5.05. The van der Waals surface area contributed by atoms with Crippen LogP contribution < -0.4 is 0 Å². The van der Waals surface area contributed by atoms with Crippen molar-refractivity contribution in [2.24, 2.45) is 0 Å². The number of hydrogen-bond acceptors (Lipinski definition) is 4. The van der Waals surface area contributed by atoms with Crippen LogP contribution in [-0.4, -0.2) is 34.5 Å². The molecule has 118 valence electrons. The van der Waals surface area contributed by atoms with Crippen LogP contribution in [0.4, 0.5) is 0 Å². The van der Waals surface area contributed by atoms with E-state index in [9.17, 15) is 15.0 Å². The Morgan fingerprint density at radius 3 is 2.48 bits per heavy atom. The SMILES string of the molecule is CCCCCCOCCCc1ccc(O)c(O)c1C(=O)O. The van der Waals surface area contributed by atoms with E-state index in [-0.39, 0.29) is 5.56 Å². The summed E-state index contributed by atoms with van der Waals surface area (Å²) in [7, 11) is 0. The van der Waals surface area contributed by atoms with Crippen molar-refractivity contribution in [2.45, 2.75) is 45.4 Å². The molecular formula is C16H24O5. The Morgan fingerprint density at radius 1 is 1.10 bits per heavy atom. The molecule has 0 aliphatic rings. The normalized spacial score (nSPS) is 10.7. The van der Waals surface area contributed by atoms with Gasteiger partial charge in [-0.15, -0.1) is 0 Å². The first kappa shape index (κ1) is 17.3. The van der Waals surface area contributed by atoms with Crippen molar-refractivity contribution in [3.63, 3.8) is 0 Å². The van der Waals surface area contributed by atoms with Gasteiger partial charge in [0.1, 0.15) is 5.56 Å². The third-order valence-electron chi connectivity index (χ3n) is 3.33. The van der Waals surface area contributed by atoms with Crippen LogP contribution in [0.1, 0.15) is 54.9 Å². The molecule has 0 spiro atoms. The number of hydrogen-bond donors (Lipinski definition) is 3. The van der Waals surface area contributed by atoms with Crippen LogP contribution in [0.2, 0.25) is 0 Å². The van der Waals surface area contributed by atoms with Gasteiger partial charge in [-0.2, -0.15) is 0 Å². The van der Waals surface area contributed by atoms with E-state index in [1.54, 1.807) is 0 Å². The number of carboxylic acids is 1. The van der Waals surface area contributed by atoms with Crippen LogP contribution >= 0.6 is 0 Å². The number of unbranched alkanes of at least 4 members (excludes halogenated alkanes) is 3. The number of aryl methyl sites for hydroxylation is 1. The third kappa shape index (κ3) is 5.63. The Morgan fingerprint density at radius 2 is 1.81 bits per heavy atom. The van der Waals surface area contributed by atoms with Crippen LogP contribution in [0.5, 0.6) is 11.5 Å².